The van der Waals surface area contributed by atoms with Gasteiger partial charge in [0.1, 0.15) is 5.75 Å². The number of nitrogens with one attached hydrogen (secondary N) is 1. The van der Waals surface area contributed by atoms with Gasteiger partial charge in [-0.15, -0.1) is 13.2 Å². The van der Waals surface area contributed by atoms with Crippen LogP contribution in [0.15, 0.2) is 84.0 Å². The molecule has 2 aromatic carbocycles. The molecule has 2 heterocycles. The van der Waals surface area contributed by atoms with Crippen molar-refractivity contribution >= 4 is 11.4 Å². The summed E-state index contributed by atoms with van der Waals surface area (Å²) in [6.45, 7) is 0.131. The highest BCUT2D eigenvalue weighted by Gasteiger charge is 2.31. The Kier molecular flexibility index (Phi) is 5.59. The number of aromatic hydroxyl groups is 1. The van der Waals surface area contributed by atoms with Gasteiger partial charge in [0.2, 0.25) is 5.88 Å². The Morgan fingerprint density at radius 1 is 1.03 bits per heavy atom. The number of imidazole rings is 1. The normalized spacial score (nSPS) is 11.3. The van der Waals surface area contributed by atoms with Crippen LogP contribution < -0.4 is 15.7 Å². The molecule has 0 unspecified atom stereocenters. The van der Waals surface area contributed by atoms with Gasteiger partial charge in [-0.25, -0.2) is 9.36 Å². The number of ether oxygens (including phenoxy) is 1. The molecule has 10 heteroatoms. The summed E-state index contributed by atoms with van der Waals surface area (Å²) in [7, 11) is 0. The van der Waals surface area contributed by atoms with Crippen molar-refractivity contribution in [1.29, 1.82) is 0 Å². The number of nitrogens with zero attached hydrogens (tertiary/aromatic N) is 3. The van der Waals surface area contributed by atoms with Crippen molar-refractivity contribution in [2.75, 3.05) is 5.32 Å². The molecule has 0 aliphatic rings. The minimum Gasteiger partial charge on any atom is -0.493 e. The van der Waals surface area contributed by atoms with Crippen molar-refractivity contribution in [3.8, 4) is 17.3 Å². The quantitative estimate of drug-likeness (QED) is 0.462. The Hall–Kier alpha value is -4.21. The molecule has 32 heavy (non-hydrogen) atoms. The smallest absolute Gasteiger partial charge is 0.493 e. The van der Waals surface area contributed by atoms with E-state index in [1.54, 1.807) is 18.5 Å². The monoisotopic (exact) mass is 442 g/mol. The van der Waals surface area contributed by atoms with E-state index in [2.05, 4.69) is 15.0 Å². The van der Waals surface area contributed by atoms with Crippen LogP contribution in [0.5, 0.6) is 11.6 Å². The number of hydrogen-bond donors (Lipinski definition) is 2. The zero-order chi connectivity index (χ0) is 22.7. The van der Waals surface area contributed by atoms with Gasteiger partial charge >= 0.3 is 12.1 Å². The average molecular weight is 442 g/mol. The fourth-order valence-electron chi connectivity index (χ4n) is 3.17. The molecule has 0 amide bonds. The molecule has 7 nitrogen and oxygen atoms in total. The van der Waals surface area contributed by atoms with Gasteiger partial charge < -0.3 is 15.2 Å². The fraction of sp³-hybridized carbons (Fsp3) is 0.0909. The second kappa shape index (κ2) is 8.50. The highest BCUT2D eigenvalue weighted by molar-refractivity contribution is 5.62. The number of benzene rings is 2. The van der Waals surface area contributed by atoms with Crippen molar-refractivity contribution in [1.82, 2.24) is 14.1 Å². The Labute approximate surface area is 180 Å². The first-order valence-electron chi connectivity index (χ1n) is 9.42. The molecular weight excluding hydrogens is 425 g/mol. The van der Waals surface area contributed by atoms with Gasteiger partial charge in [0.15, 0.2) is 0 Å². The van der Waals surface area contributed by atoms with Crippen molar-refractivity contribution in [3.05, 3.63) is 95.3 Å². The van der Waals surface area contributed by atoms with Gasteiger partial charge in [-0.2, -0.15) is 0 Å². The second-order valence-electron chi connectivity index (χ2n) is 6.80. The Balaban J connectivity index is 1.60. The van der Waals surface area contributed by atoms with E-state index in [9.17, 15) is 23.1 Å². The van der Waals surface area contributed by atoms with Crippen LogP contribution in [0.1, 0.15) is 5.56 Å². The van der Waals surface area contributed by atoms with Crippen LogP contribution in [0.25, 0.3) is 5.69 Å². The van der Waals surface area contributed by atoms with E-state index in [4.69, 9.17) is 0 Å². The van der Waals surface area contributed by atoms with Crippen LogP contribution >= 0.6 is 0 Å². The van der Waals surface area contributed by atoms with Gasteiger partial charge in [-0.3, -0.25) is 9.55 Å². The van der Waals surface area contributed by atoms with Crippen molar-refractivity contribution < 1.29 is 23.0 Å². The van der Waals surface area contributed by atoms with Crippen LogP contribution in [0, 0.1) is 0 Å². The molecule has 0 saturated heterocycles. The van der Waals surface area contributed by atoms with E-state index in [-0.39, 0.29) is 18.1 Å². The number of hydrogen-bond acceptors (Lipinski definition) is 5. The third-order valence-corrected chi connectivity index (χ3v) is 4.57. The summed E-state index contributed by atoms with van der Waals surface area (Å²) in [5, 5.41) is 13.5. The molecule has 0 fully saturated rings. The van der Waals surface area contributed by atoms with Gasteiger partial charge in [-0.05, 0) is 48.0 Å². The highest BCUT2D eigenvalue weighted by Crippen LogP contribution is 2.25. The lowest BCUT2D eigenvalue weighted by atomic mass is 10.2. The molecular formula is C22H17F3N4O3. The van der Waals surface area contributed by atoms with E-state index >= 15 is 0 Å². The zero-order valence-electron chi connectivity index (χ0n) is 16.5. The van der Waals surface area contributed by atoms with Gasteiger partial charge in [0, 0.05) is 11.9 Å². The molecule has 0 radical (unpaired) electrons. The number of anilines is 2. The fourth-order valence-corrected chi connectivity index (χ4v) is 3.17. The summed E-state index contributed by atoms with van der Waals surface area (Å²) < 4.78 is 43.1. The topological polar surface area (TPSA) is 81.3 Å². The number of aromatic nitrogens is 3. The maximum absolute atomic E-state index is 12.9. The molecule has 0 aliphatic carbocycles. The number of alkyl halides is 3. The van der Waals surface area contributed by atoms with Crippen LogP contribution in [0.2, 0.25) is 0 Å². The Morgan fingerprint density at radius 2 is 1.75 bits per heavy atom. The molecule has 0 atom stereocenters. The first-order valence-corrected chi connectivity index (χ1v) is 9.42. The minimum absolute atomic E-state index is 0.131. The molecule has 4 rings (SSSR count). The predicted octanol–water partition coefficient (Wildman–Crippen LogP) is 4.43. The average Bonchev–Trinajstić information content (AvgIpc) is 3.03. The highest BCUT2D eigenvalue weighted by atomic mass is 19.4. The SMILES string of the molecule is O=c1n(Cc2ccncc2Nc2ccccc2)cc(O)n1-c1ccc(OC(F)(F)F)cc1. The van der Waals surface area contributed by atoms with Gasteiger partial charge in [-0.1, -0.05) is 18.2 Å². The van der Waals surface area contributed by atoms with E-state index in [0.29, 0.717) is 5.69 Å². The van der Waals surface area contributed by atoms with Crippen LogP contribution in [0.4, 0.5) is 24.5 Å². The van der Waals surface area contributed by atoms with E-state index in [1.807, 2.05) is 30.3 Å². The van der Waals surface area contributed by atoms with Crippen molar-refractivity contribution in [3.63, 3.8) is 0 Å². The summed E-state index contributed by atoms with van der Waals surface area (Å²) in [5.74, 6) is -0.784. The summed E-state index contributed by atoms with van der Waals surface area (Å²) in [6, 6.07) is 15.8. The standard InChI is InChI=1S/C22H17F3N4O3/c23-22(24,25)32-18-8-6-17(7-9-18)29-20(30)14-28(21(29)31)13-15-10-11-26-12-19(15)27-16-4-2-1-3-5-16/h1-12,14,27,30H,13H2. The lowest BCUT2D eigenvalue weighted by molar-refractivity contribution is -0.274. The summed E-state index contributed by atoms with van der Waals surface area (Å²) in [6.07, 6.45) is -0.342. The van der Waals surface area contributed by atoms with Gasteiger partial charge in [0.05, 0.1) is 30.3 Å². The molecule has 0 bridgehead atoms. The maximum atomic E-state index is 12.9. The minimum atomic E-state index is -4.82. The first kappa shape index (κ1) is 21.0. The van der Waals surface area contributed by atoms with Gasteiger partial charge in [0.25, 0.3) is 0 Å². The second-order valence-corrected chi connectivity index (χ2v) is 6.80. The molecule has 164 valence electrons. The number of halogens is 3. The Bertz CT molecular complexity index is 1270. The summed E-state index contributed by atoms with van der Waals surface area (Å²) >= 11 is 0. The zero-order valence-corrected chi connectivity index (χ0v) is 16.5. The van der Waals surface area contributed by atoms with Crippen molar-refractivity contribution in [2.45, 2.75) is 12.9 Å². The third-order valence-electron chi connectivity index (χ3n) is 4.57. The van der Waals surface area contributed by atoms with Crippen molar-refractivity contribution in [2.24, 2.45) is 0 Å². The van der Waals surface area contributed by atoms with E-state index < -0.39 is 17.8 Å². The molecule has 4 aromatic rings. The predicted molar refractivity (Wildman–Crippen MR) is 111 cm³/mol. The molecule has 2 N–H and O–H groups in total. The summed E-state index contributed by atoms with van der Waals surface area (Å²) in [4.78, 5) is 17.0. The van der Waals surface area contributed by atoms with Crippen LogP contribution in [-0.2, 0) is 6.54 Å². The molecule has 0 spiro atoms. The number of rotatable bonds is 6. The van der Waals surface area contributed by atoms with E-state index in [1.165, 1.54) is 22.9 Å². The lowest BCUT2D eigenvalue weighted by Crippen LogP contribution is -2.23. The molecule has 0 aliphatic heterocycles. The molecule has 0 saturated carbocycles. The van der Waals surface area contributed by atoms with Crippen LogP contribution in [0.3, 0.4) is 0 Å². The first-order chi connectivity index (χ1) is 15.3. The summed E-state index contributed by atoms with van der Waals surface area (Å²) in [5.41, 5.74) is 1.91. The third kappa shape index (κ3) is 4.75. The Morgan fingerprint density at radius 3 is 2.44 bits per heavy atom. The number of pyridine rings is 1. The number of para-hydroxylation sites is 1. The maximum Gasteiger partial charge on any atom is 0.573 e. The lowest BCUT2D eigenvalue weighted by Gasteiger charge is -2.11. The largest absolute Gasteiger partial charge is 0.573 e. The van der Waals surface area contributed by atoms with Crippen LogP contribution in [-0.4, -0.2) is 25.6 Å². The van der Waals surface area contributed by atoms with E-state index in [0.717, 1.165) is 28.0 Å². The molecule has 2 aromatic heterocycles.